The van der Waals surface area contributed by atoms with Crippen LogP contribution in [0.5, 0.6) is 0 Å². The van der Waals surface area contributed by atoms with Crippen LogP contribution in [0, 0.1) is 27.7 Å². The van der Waals surface area contributed by atoms with Crippen LogP contribution in [-0.4, -0.2) is 4.57 Å². The SMILES string of the molecule is Cc1c(C)c(-n2c3ccccc3c3ccccc32)c(C)c(C)c1-c1ccc2c(c1)Sc1ccccc1P2(=O)c1ccccc1. The van der Waals surface area contributed by atoms with Gasteiger partial charge in [-0.1, -0.05) is 96.7 Å². The van der Waals surface area contributed by atoms with Gasteiger partial charge in [0.05, 0.1) is 16.7 Å². The number of aromatic nitrogens is 1. The molecule has 0 radical (unpaired) electrons. The van der Waals surface area contributed by atoms with Crippen molar-refractivity contribution >= 4 is 56.6 Å². The van der Waals surface area contributed by atoms with E-state index in [2.05, 4.69) is 105 Å². The molecule has 0 spiro atoms. The van der Waals surface area contributed by atoms with Crippen LogP contribution in [0.25, 0.3) is 38.6 Å². The molecule has 0 amide bonds. The Hall–Kier alpha value is -4.30. The first-order chi connectivity index (χ1) is 21.4. The minimum Gasteiger partial charge on any atom is -0.309 e. The van der Waals surface area contributed by atoms with Gasteiger partial charge in [0, 0.05) is 36.5 Å². The molecule has 2 nitrogen and oxygen atoms in total. The monoisotopic (exact) mass is 605 g/mol. The van der Waals surface area contributed by atoms with Crippen molar-refractivity contribution in [1.29, 1.82) is 0 Å². The van der Waals surface area contributed by atoms with E-state index in [9.17, 15) is 0 Å². The second kappa shape index (κ2) is 10.1. The first-order valence-corrected chi connectivity index (χ1v) is 17.6. The number of nitrogens with zero attached hydrogens (tertiary/aromatic N) is 1. The lowest BCUT2D eigenvalue weighted by Gasteiger charge is -2.29. The number of rotatable bonds is 3. The van der Waals surface area contributed by atoms with E-state index in [-0.39, 0.29) is 0 Å². The first-order valence-electron chi connectivity index (χ1n) is 15.1. The van der Waals surface area contributed by atoms with Gasteiger partial charge in [0.2, 0.25) is 0 Å². The Bertz CT molecular complexity index is 2250. The van der Waals surface area contributed by atoms with E-state index < -0.39 is 7.14 Å². The van der Waals surface area contributed by atoms with Crippen LogP contribution in [0.1, 0.15) is 22.3 Å². The Kier molecular flexibility index (Phi) is 6.27. The molecular weight excluding hydrogens is 573 g/mol. The molecule has 0 saturated carbocycles. The van der Waals surface area contributed by atoms with Gasteiger partial charge in [-0.3, -0.25) is 0 Å². The highest BCUT2D eigenvalue weighted by Crippen LogP contribution is 2.53. The van der Waals surface area contributed by atoms with Gasteiger partial charge in [-0.15, -0.1) is 0 Å². The molecule has 0 aliphatic carbocycles. The van der Waals surface area contributed by atoms with Crippen LogP contribution < -0.4 is 15.9 Å². The van der Waals surface area contributed by atoms with Crippen LogP contribution in [0.4, 0.5) is 0 Å². The van der Waals surface area contributed by atoms with E-state index in [1.807, 2.05) is 48.5 Å². The van der Waals surface area contributed by atoms with Crippen molar-refractivity contribution in [2.24, 2.45) is 0 Å². The summed E-state index contributed by atoms with van der Waals surface area (Å²) in [5.74, 6) is 0. The van der Waals surface area contributed by atoms with Crippen LogP contribution in [0.3, 0.4) is 0 Å². The summed E-state index contributed by atoms with van der Waals surface area (Å²) in [6.45, 7) is 9.03. The topological polar surface area (TPSA) is 22.0 Å². The fourth-order valence-electron chi connectivity index (χ4n) is 7.20. The van der Waals surface area contributed by atoms with Gasteiger partial charge in [0.15, 0.2) is 7.14 Å². The molecule has 7 aromatic rings. The molecule has 1 unspecified atom stereocenters. The summed E-state index contributed by atoms with van der Waals surface area (Å²) in [4.78, 5) is 2.15. The van der Waals surface area contributed by atoms with Gasteiger partial charge in [-0.05, 0) is 97.5 Å². The molecule has 1 aliphatic rings. The molecule has 4 heteroatoms. The summed E-state index contributed by atoms with van der Waals surface area (Å²) < 4.78 is 17.6. The molecule has 0 N–H and O–H groups in total. The summed E-state index contributed by atoms with van der Waals surface area (Å²) in [6.07, 6.45) is 0. The maximum Gasteiger partial charge on any atom is 0.173 e. The molecule has 0 fully saturated rings. The predicted octanol–water partition coefficient (Wildman–Crippen LogP) is 9.79. The molecule has 44 heavy (non-hydrogen) atoms. The average molecular weight is 606 g/mol. The van der Waals surface area contributed by atoms with Crippen LogP contribution in [0.15, 0.2) is 131 Å². The van der Waals surface area contributed by atoms with Gasteiger partial charge in [0.25, 0.3) is 0 Å². The summed E-state index contributed by atoms with van der Waals surface area (Å²) in [6, 6.07) is 42.2. The summed E-state index contributed by atoms with van der Waals surface area (Å²) in [5, 5.41) is 5.30. The van der Waals surface area contributed by atoms with Crippen LogP contribution >= 0.6 is 18.9 Å². The molecular formula is C40H32NOPS. The van der Waals surface area contributed by atoms with Crippen molar-refractivity contribution in [3.63, 3.8) is 0 Å². The average Bonchev–Trinajstić information content (AvgIpc) is 3.39. The highest BCUT2D eigenvalue weighted by molar-refractivity contribution is 8.02. The number of hydrogen-bond donors (Lipinski definition) is 0. The van der Waals surface area contributed by atoms with E-state index in [0.29, 0.717) is 0 Å². The van der Waals surface area contributed by atoms with Crippen LogP contribution in [0.2, 0.25) is 0 Å². The zero-order valence-corrected chi connectivity index (χ0v) is 27.0. The maximum absolute atomic E-state index is 15.1. The van der Waals surface area contributed by atoms with E-state index in [4.69, 9.17) is 0 Å². The van der Waals surface area contributed by atoms with Crippen molar-refractivity contribution in [3.8, 4) is 16.8 Å². The molecule has 0 bridgehead atoms. The third-order valence-electron chi connectivity index (χ3n) is 9.52. The number of hydrogen-bond acceptors (Lipinski definition) is 2. The maximum atomic E-state index is 15.1. The Labute approximate surface area is 262 Å². The van der Waals surface area contributed by atoms with Gasteiger partial charge >= 0.3 is 0 Å². The molecule has 2 heterocycles. The number of para-hydroxylation sites is 2. The summed E-state index contributed by atoms with van der Waals surface area (Å²) in [7, 11) is -3.01. The molecule has 8 rings (SSSR count). The standard InChI is InChI=1S/C40H32NOPS/c1-25-27(3)40(41-33-18-10-8-16-31(33)32-17-9-11-19-34(32)41)28(4)26(2)39(25)29-22-23-36-38(24-29)44-37-21-13-12-20-35(37)43(36,42)30-14-6-5-7-15-30/h5-24H,1-4H3. The van der Waals surface area contributed by atoms with Gasteiger partial charge in [-0.25, -0.2) is 0 Å². The Morgan fingerprint density at radius 1 is 0.545 bits per heavy atom. The first kappa shape index (κ1) is 27.3. The predicted molar refractivity (Wildman–Crippen MR) is 189 cm³/mol. The van der Waals surface area contributed by atoms with Crippen molar-refractivity contribution in [2.75, 3.05) is 0 Å². The number of benzene rings is 6. The normalized spacial score (nSPS) is 15.8. The fourth-order valence-corrected chi connectivity index (χ4v) is 11.9. The van der Waals surface area contributed by atoms with Crippen molar-refractivity contribution < 1.29 is 4.57 Å². The van der Waals surface area contributed by atoms with Gasteiger partial charge in [0.1, 0.15) is 0 Å². The zero-order chi connectivity index (χ0) is 30.2. The Morgan fingerprint density at radius 2 is 1.09 bits per heavy atom. The lowest BCUT2D eigenvalue weighted by molar-refractivity contribution is 0.591. The second-order valence-electron chi connectivity index (χ2n) is 11.8. The minimum atomic E-state index is -3.01. The van der Waals surface area contributed by atoms with Gasteiger partial charge in [-0.2, -0.15) is 0 Å². The van der Waals surface area contributed by atoms with E-state index in [1.54, 1.807) is 11.8 Å². The van der Waals surface area contributed by atoms with E-state index >= 15 is 4.57 Å². The molecule has 1 aromatic heterocycles. The molecule has 6 aromatic carbocycles. The number of fused-ring (bicyclic) bond motifs is 5. The molecule has 0 saturated heterocycles. The Morgan fingerprint density at radius 3 is 1.75 bits per heavy atom. The molecule has 214 valence electrons. The third-order valence-corrected chi connectivity index (χ3v) is 14.1. The minimum absolute atomic E-state index is 0.885. The molecule has 1 atom stereocenters. The van der Waals surface area contributed by atoms with Gasteiger partial charge < -0.3 is 9.13 Å². The summed E-state index contributed by atoms with van der Waals surface area (Å²) >= 11 is 1.74. The second-order valence-corrected chi connectivity index (χ2v) is 15.6. The van der Waals surface area contributed by atoms with Crippen molar-refractivity contribution in [2.45, 2.75) is 37.5 Å². The van der Waals surface area contributed by atoms with Crippen molar-refractivity contribution in [3.05, 3.63) is 144 Å². The Balaban J connectivity index is 1.34. The lowest BCUT2D eigenvalue weighted by atomic mass is 9.88. The fraction of sp³-hybridized carbons (Fsp3) is 0.100. The third kappa shape index (κ3) is 3.79. The lowest BCUT2D eigenvalue weighted by Crippen LogP contribution is -2.30. The molecule has 1 aliphatic heterocycles. The highest BCUT2D eigenvalue weighted by atomic mass is 32.2. The highest BCUT2D eigenvalue weighted by Gasteiger charge is 2.38. The quantitative estimate of drug-likeness (QED) is 0.187. The van der Waals surface area contributed by atoms with E-state index in [1.165, 1.54) is 60.9 Å². The van der Waals surface area contributed by atoms with E-state index in [0.717, 1.165) is 25.7 Å². The zero-order valence-electron chi connectivity index (χ0n) is 25.3. The van der Waals surface area contributed by atoms with Crippen LogP contribution in [-0.2, 0) is 4.57 Å². The van der Waals surface area contributed by atoms with Crippen molar-refractivity contribution in [1.82, 2.24) is 4.57 Å². The largest absolute Gasteiger partial charge is 0.309 e. The smallest absolute Gasteiger partial charge is 0.173 e. The summed E-state index contributed by atoms with van der Waals surface area (Å²) in [5.41, 5.74) is 11.3.